The summed E-state index contributed by atoms with van der Waals surface area (Å²) in [7, 11) is 0. The monoisotopic (exact) mass is 160 g/mol. The Morgan fingerprint density at radius 3 is 1.55 bits per heavy atom. The van der Waals surface area contributed by atoms with E-state index in [0.29, 0.717) is 0 Å². The zero-order chi connectivity index (χ0) is 9.23. The predicted molar refractivity (Wildman–Crippen MR) is 34.1 cm³/mol. The minimum absolute atomic E-state index is 1.05. The molecule has 11 heavy (non-hydrogen) atoms. The molecule has 0 heterocycles. The van der Waals surface area contributed by atoms with E-state index in [0.717, 1.165) is 13.8 Å². The second-order valence-electron chi connectivity index (χ2n) is 2.56. The van der Waals surface area contributed by atoms with Gasteiger partial charge in [0.1, 0.15) is 5.41 Å². The summed E-state index contributed by atoms with van der Waals surface area (Å²) in [6.45, 7) is 2.09. The molecule has 2 N–H and O–H groups in total. The second kappa shape index (κ2) is 2.69. The maximum absolute atomic E-state index is 10.6. The summed E-state index contributed by atoms with van der Waals surface area (Å²) in [6.07, 6.45) is 0. The number of aliphatic carboxylic acids is 2. The van der Waals surface area contributed by atoms with Gasteiger partial charge in [-0.3, -0.25) is 9.59 Å². The van der Waals surface area contributed by atoms with Gasteiger partial charge in [-0.25, -0.2) is 4.79 Å². The average molecular weight is 160 g/mol. The van der Waals surface area contributed by atoms with Crippen molar-refractivity contribution >= 4 is 17.7 Å². The van der Waals surface area contributed by atoms with Gasteiger partial charge >= 0.3 is 11.9 Å². The first-order valence-electron chi connectivity index (χ1n) is 2.81. The molecule has 62 valence electrons. The number of Topliss-reactive ketones (excluding diaryl/α,β-unsaturated/α-hetero) is 1. The van der Waals surface area contributed by atoms with Crippen molar-refractivity contribution < 1.29 is 24.6 Å². The van der Waals surface area contributed by atoms with Gasteiger partial charge in [-0.05, 0) is 13.8 Å². The lowest BCUT2D eigenvalue weighted by molar-refractivity contribution is -0.161. The molecule has 0 aromatic rings. The van der Waals surface area contributed by atoms with Crippen molar-refractivity contribution in [2.24, 2.45) is 5.41 Å². The van der Waals surface area contributed by atoms with Gasteiger partial charge in [0, 0.05) is 0 Å². The molecule has 0 rings (SSSR count). The van der Waals surface area contributed by atoms with Crippen molar-refractivity contribution in [2.45, 2.75) is 13.8 Å². The molecule has 5 nitrogen and oxygen atoms in total. The first-order chi connectivity index (χ1) is 4.80. The summed E-state index contributed by atoms with van der Waals surface area (Å²) in [5.74, 6) is -4.48. The predicted octanol–water partition coefficient (Wildman–Crippen LogP) is -0.249. The van der Waals surface area contributed by atoms with Gasteiger partial charge in [0.15, 0.2) is 0 Å². The molecule has 0 spiro atoms. The Labute approximate surface area is 62.6 Å². The lowest BCUT2D eigenvalue weighted by Gasteiger charge is -2.13. The molecule has 0 bridgehead atoms. The summed E-state index contributed by atoms with van der Waals surface area (Å²) in [5, 5.41) is 16.5. The van der Waals surface area contributed by atoms with Gasteiger partial charge in [-0.2, -0.15) is 0 Å². The second-order valence-corrected chi connectivity index (χ2v) is 2.56. The molecular weight excluding hydrogens is 152 g/mol. The van der Waals surface area contributed by atoms with E-state index in [1.54, 1.807) is 0 Å². The minimum Gasteiger partial charge on any atom is -0.480 e. The van der Waals surface area contributed by atoms with E-state index in [1.165, 1.54) is 0 Å². The Morgan fingerprint density at radius 2 is 1.45 bits per heavy atom. The van der Waals surface area contributed by atoms with E-state index >= 15 is 0 Å². The van der Waals surface area contributed by atoms with Gasteiger partial charge in [0.25, 0.3) is 5.78 Å². The van der Waals surface area contributed by atoms with Crippen molar-refractivity contribution in [3.8, 4) is 0 Å². The van der Waals surface area contributed by atoms with Crippen molar-refractivity contribution in [3.63, 3.8) is 0 Å². The Bertz CT molecular complexity index is 215. The summed E-state index contributed by atoms with van der Waals surface area (Å²) in [6, 6.07) is 0. The number of rotatable bonds is 3. The molecule has 0 aliphatic rings. The SMILES string of the molecule is CC(C)(C(=O)O)C(=O)C(=O)O. The number of carboxylic acid groups (broad SMARTS) is 2. The summed E-state index contributed by atoms with van der Waals surface area (Å²) in [5.41, 5.74) is -1.84. The molecule has 5 heteroatoms. The minimum atomic E-state index is -1.84. The van der Waals surface area contributed by atoms with Crippen LogP contribution in [0.25, 0.3) is 0 Å². The standard InChI is InChI=1S/C6H8O5/c1-6(2,5(10)11)3(7)4(8)9/h1-2H3,(H,8,9)(H,10,11). The highest BCUT2D eigenvalue weighted by molar-refractivity contribution is 6.38. The molecule has 0 atom stereocenters. The van der Waals surface area contributed by atoms with Crippen molar-refractivity contribution in [2.75, 3.05) is 0 Å². The van der Waals surface area contributed by atoms with Crippen LogP contribution in [0.4, 0.5) is 0 Å². The zero-order valence-corrected chi connectivity index (χ0v) is 6.12. The van der Waals surface area contributed by atoms with Crippen LogP contribution in [0.15, 0.2) is 0 Å². The van der Waals surface area contributed by atoms with Crippen LogP contribution in [0, 0.1) is 5.41 Å². The molecule has 0 aromatic carbocycles. The van der Waals surface area contributed by atoms with E-state index in [1.807, 2.05) is 0 Å². The quantitative estimate of drug-likeness (QED) is 0.438. The molecular formula is C6H8O5. The smallest absolute Gasteiger partial charge is 0.373 e. The Hall–Kier alpha value is -1.39. The highest BCUT2D eigenvalue weighted by Crippen LogP contribution is 2.16. The van der Waals surface area contributed by atoms with Crippen LogP contribution in [0.5, 0.6) is 0 Å². The first-order valence-corrected chi connectivity index (χ1v) is 2.81. The lowest BCUT2D eigenvalue weighted by atomic mass is 9.88. The highest BCUT2D eigenvalue weighted by atomic mass is 16.4. The number of hydrogen-bond donors (Lipinski definition) is 2. The summed E-state index contributed by atoms with van der Waals surface area (Å²) < 4.78 is 0. The third-order valence-corrected chi connectivity index (χ3v) is 1.30. The van der Waals surface area contributed by atoms with Crippen molar-refractivity contribution in [1.29, 1.82) is 0 Å². The molecule has 0 aliphatic heterocycles. The van der Waals surface area contributed by atoms with Gasteiger partial charge in [0.05, 0.1) is 0 Å². The van der Waals surface area contributed by atoms with Crippen LogP contribution in [0.1, 0.15) is 13.8 Å². The van der Waals surface area contributed by atoms with Gasteiger partial charge < -0.3 is 10.2 Å². The number of ketones is 1. The number of hydrogen-bond acceptors (Lipinski definition) is 3. The summed E-state index contributed by atoms with van der Waals surface area (Å²) >= 11 is 0. The normalized spacial score (nSPS) is 10.7. The van der Waals surface area contributed by atoms with E-state index in [4.69, 9.17) is 10.2 Å². The maximum atomic E-state index is 10.6. The average Bonchev–Trinajstić information content (AvgIpc) is 1.85. The Kier molecular flexibility index (Phi) is 2.35. The number of carbonyl (C=O) groups excluding carboxylic acids is 1. The van der Waals surface area contributed by atoms with Crippen LogP contribution in [-0.4, -0.2) is 27.9 Å². The van der Waals surface area contributed by atoms with Crippen LogP contribution < -0.4 is 0 Å². The van der Waals surface area contributed by atoms with Gasteiger partial charge in [-0.1, -0.05) is 0 Å². The third kappa shape index (κ3) is 1.76. The van der Waals surface area contributed by atoms with Crippen LogP contribution in [0.2, 0.25) is 0 Å². The molecule has 0 aliphatic carbocycles. The number of carboxylic acids is 2. The molecule has 0 aromatic heterocycles. The summed E-state index contributed by atoms with van der Waals surface area (Å²) in [4.78, 5) is 30.9. The molecule has 0 fully saturated rings. The maximum Gasteiger partial charge on any atom is 0.373 e. The zero-order valence-electron chi connectivity index (χ0n) is 6.12. The van der Waals surface area contributed by atoms with E-state index < -0.39 is 23.1 Å². The molecule has 0 amide bonds. The molecule has 0 saturated heterocycles. The van der Waals surface area contributed by atoms with E-state index in [-0.39, 0.29) is 0 Å². The highest BCUT2D eigenvalue weighted by Gasteiger charge is 2.40. The van der Waals surface area contributed by atoms with Crippen LogP contribution in [-0.2, 0) is 14.4 Å². The topological polar surface area (TPSA) is 91.7 Å². The fraction of sp³-hybridized carbons (Fsp3) is 0.500. The Morgan fingerprint density at radius 1 is 1.09 bits per heavy atom. The van der Waals surface area contributed by atoms with E-state index in [2.05, 4.69) is 0 Å². The fourth-order valence-corrected chi connectivity index (χ4v) is 0.364. The Balaban J connectivity index is 4.70. The number of carbonyl (C=O) groups is 3. The lowest BCUT2D eigenvalue weighted by Crippen LogP contribution is -2.37. The molecule has 0 radical (unpaired) electrons. The fourth-order valence-electron chi connectivity index (χ4n) is 0.364. The van der Waals surface area contributed by atoms with Gasteiger partial charge in [-0.15, -0.1) is 0 Å². The molecule has 0 saturated carbocycles. The van der Waals surface area contributed by atoms with Crippen LogP contribution in [0.3, 0.4) is 0 Å². The van der Waals surface area contributed by atoms with E-state index in [9.17, 15) is 14.4 Å². The first kappa shape index (κ1) is 9.61. The van der Waals surface area contributed by atoms with Crippen molar-refractivity contribution in [1.82, 2.24) is 0 Å². The van der Waals surface area contributed by atoms with Crippen LogP contribution >= 0.6 is 0 Å². The molecule has 0 unspecified atom stereocenters. The third-order valence-electron chi connectivity index (χ3n) is 1.30. The van der Waals surface area contributed by atoms with Crippen molar-refractivity contribution in [3.05, 3.63) is 0 Å². The van der Waals surface area contributed by atoms with Gasteiger partial charge in [0.2, 0.25) is 0 Å². The largest absolute Gasteiger partial charge is 0.480 e.